The third kappa shape index (κ3) is 6.05. The lowest BCUT2D eigenvalue weighted by molar-refractivity contribution is -0.141. The number of nitrogens with one attached hydrogen (secondary N) is 1. The van der Waals surface area contributed by atoms with E-state index in [0.717, 1.165) is 45.8 Å². The molecule has 1 fully saturated rings. The van der Waals surface area contributed by atoms with E-state index in [9.17, 15) is 4.79 Å². The van der Waals surface area contributed by atoms with Crippen molar-refractivity contribution in [2.45, 2.75) is 13.3 Å². The van der Waals surface area contributed by atoms with Gasteiger partial charge in [0.2, 0.25) is 0 Å². The fourth-order valence-corrected chi connectivity index (χ4v) is 1.65. The van der Waals surface area contributed by atoms with Gasteiger partial charge in [-0.15, -0.1) is 0 Å². The molecule has 0 amide bonds. The Hall–Kier alpha value is -0.650. The van der Waals surface area contributed by atoms with Gasteiger partial charge in [-0.2, -0.15) is 0 Å². The van der Waals surface area contributed by atoms with Crippen LogP contribution in [0.1, 0.15) is 13.3 Å². The zero-order valence-electron chi connectivity index (χ0n) is 10.0. The second-order valence-corrected chi connectivity index (χ2v) is 3.79. The Balaban J connectivity index is 1.89. The molecule has 0 unspecified atom stereocenters. The highest BCUT2D eigenvalue weighted by Gasteiger charge is 2.09. The van der Waals surface area contributed by atoms with E-state index in [0.29, 0.717) is 13.2 Å². The predicted molar refractivity (Wildman–Crippen MR) is 61.4 cm³/mol. The standard InChI is InChI=1S/C11H22N2O3/c1-2-16-11(14)10-12-4-3-5-13-6-8-15-9-7-13/h12H,2-10H2,1H3. The van der Waals surface area contributed by atoms with Crippen molar-refractivity contribution < 1.29 is 14.3 Å². The van der Waals surface area contributed by atoms with Crippen LogP contribution in [-0.4, -0.2) is 63.4 Å². The first kappa shape index (κ1) is 13.4. The number of carbonyl (C=O) groups is 1. The van der Waals surface area contributed by atoms with Crippen LogP contribution in [0.25, 0.3) is 0 Å². The Morgan fingerprint density at radius 3 is 2.88 bits per heavy atom. The topological polar surface area (TPSA) is 50.8 Å². The molecular formula is C11H22N2O3. The number of morpholine rings is 1. The maximum atomic E-state index is 11.0. The Labute approximate surface area is 97.1 Å². The zero-order valence-corrected chi connectivity index (χ0v) is 10.0. The van der Waals surface area contributed by atoms with E-state index in [1.54, 1.807) is 0 Å². The lowest BCUT2D eigenvalue weighted by atomic mass is 10.3. The van der Waals surface area contributed by atoms with E-state index in [1.807, 2.05) is 6.92 Å². The molecule has 5 nitrogen and oxygen atoms in total. The summed E-state index contributed by atoms with van der Waals surface area (Å²) in [5.74, 6) is -0.172. The molecule has 0 aromatic carbocycles. The van der Waals surface area contributed by atoms with Gasteiger partial charge in [0, 0.05) is 13.1 Å². The number of nitrogens with zero attached hydrogens (tertiary/aromatic N) is 1. The van der Waals surface area contributed by atoms with Crippen molar-refractivity contribution in [3.8, 4) is 0 Å². The van der Waals surface area contributed by atoms with Gasteiger partial charge < -0.3 is 14.8 Å². The van der Waals surface area contributed by atoms with Gasteiger partial charge in [-0.05, 0) is 26.4 Å². The number of hydrogen-bond acceptors (Lipinski definition) is 5. The molecule has 1 saturated heterocycles. The highest BCUT2D eigenvalue weighted by molar-refractivity contribution is 5.71. The van der Waals surface area contributed by atoms with E-state index < -0.39 is 0 Å². The van der Waals surface area contributed by atoms with Crippen LogP contribution in [-0.2, 0) is 14.3 Å². The monoisotopic (exact) mass is 230 g/mol. The van der Waals surface area contributed by atoms with Crippen molar-refractivity contribution in [1.82, 2.24) is 10.2 Å². The average molecular weight is 230 g/mol. The molecule has 0 aromatic heterocycles. The smallest absolute Gasteiger partial charge is 0.319 e. The summed E-state index contributed by atoms with van der Waals surface area (Å²) >= 11 is 0. The van der Waals surface area contributed by atoms with Gasteiger partial charge in [-0.1, -0.05) is 0 Å². The summed E-state index contributed by atoms with van der Waals surface area (Å²) in [5, 5.41) is 3.08. The molecule has 94 valence electrons. The Morgan fingerprint density at radius 1 is 1.44 bits per heavy atom. The molecule has 0 spiro atoms. The van der Waals surface area contributed by atoms with Crippen molar-refractivity contribution >= 4 is 5.97 Å². The van der Waals surface area contributed by atoms with E-state index >= 15 is 0 Å². The second kappa shape index (κ2) is 8.50. The van der Waals surface area contributed by atoms with Crippen LogP contribution in [0.5, 0.6) is 0 Å². The van der Waals surface area contributed by atoms with Gasteiger partial charge in [0.1, 0.15) is 0 Å². The van der Waals surface area contributed by atoms with Crippen LogP contribution in [0.3, 0.4) is 0 Å². The SMILES string of the molecule is CCOC(=O)CNCCCN1CCOCC1. The third-order valence-electron chi connectivity index (χ3n) is 2.51. The fraction of sp³-hybridized carbons (Fsp3) is 0.909. The largest absolute Gasteiger partial charge is 0.465 e. The summed E-state index contributed by atoms with van der Waals surface area (Å²) in [6, 6.07) is 0. The second-order valence-electron chi connectivity index (χ2n) is 3.79. The summed E-state index contributed by atoms with van der Waals surface area (Å²) < 4.78 is 10.1. The summed E-state index contributed by atoms with van der Waals surface area (Å²) in [6.45, 7) is 8.25. The summed E-state index contributed by atoms with van der Waals surface area (Å²) in [7, 11) is 0. The highest BCUT2D eigenvalue weighted by Crippen LogP contribution is 1.97. The first-order valence-electron chi connectivity index (χ1n) is 5.99. The molecule has 0 saturated carbocycles. The molecule has 5 heteroatoms. The van der Waals surface area contributed by atoms with E-state index in [2.05, 4.69) is 10.2 Å². The van der Waals surface area contributed by atoms with Gasteiger partial charge in [-0.3, -0.25) is 9.69 Å². The Bertz CT molecular complexity index is 194. The fourth-order valence-electron chi connectivity index (χ4n) is 1.65. The van der Waals surface area contributed by atoms with Crippen LogP contribution in [0, 0.1) is 0 Å². The number of hydrogen-bond donors (Lipinski definition) is 1. The molecule has 0 aromatic rings. The molecule has 1 aliphatic rings. The van der Waals surface area contributed by atoms with Crippen molar-refractivity contribution in [3.05, 3.63) is 0 Å². The first-order chi connectivity index (χ1) is 7.83. The van der Waals surface area contributed by atoms with Crippen LogP contribution < -0.4 is 5.32 Å². The van der Waals surface area contributed by atoms with Crippen molar-refractivity contribution in [2.24, 2.45) is 0 Å². The maximum Gasteiger partial charge on any atom is 0.319 e. The molecule has 0 bridgehead atoms. The minimum atomic E-state index is -0.172. The quantitative estimate of drug-likeness (QED) is 0.487. The molecule has 1 rings (SSSR count). The summed E-state index contributed by atoms with van der Waals surface area (Å²) in [4.78, 5) is 13.4. The van der Waals surface area contributed by atoms with Crippen molar-refractivity contribution in [1.29, 1.82) is 0 Å². The van der Waals surface area contributed by atoms with Gasteiger partial charge in [0.15, 0.2) is 0 Å². The average Bonchev–Trinajstić information content (AvgIpc) is 2.30. The van der Waals surface area contributed by atoms with E-state index in [-0.39, 0.29) is 5.97 Å². The van der Waals surface area contributed by atoms with Gasteiger partial charge in [0.25, 0.3) is 0 Å². The molecular weight excluding hydrogens is 208 g/mol. The van der Waals surface area contributed by atoms with E-state index in [4.69, 9.17) is 9.47 Å². The number of carbonyl (C=O) groups excluding carboxylic acids is 1. The molecule has 1 N–H and O–H groups in total. The minimum Gasteiger partial charge on any atom is -0.465 e. The molecule has 1 aliphatic heterocycles. The van der Waals surface area contributed by atoms with Gasteiger partial charge in [0.05, 0.1) is 26.4 Å². The van der Waals surface area contributed by atoms with Crippen LogP contribution >= 0.6 is 0 Å². The van der Waals surface area contributed by atoms with Crippen molar-refractivity contribution in [3.63, 3.8) is 0 Å². The first-order valence-corrected chi connectivity index (χ1v) is 5.99. The number of ether oxygens (including phenoxy) is 2. The maximum absolute atomic E-state index is 11.0. The van der Waals surface area contributed by atoms with Crippen LogP contribution in [0.4, 0.5) is 0 Å². The van der Waals surface area contributed by atoms with Crippen LogP contribution in [0.15, 0.2) is 0 Å². The normalized spacial score (nSPS) is 17.3. The highest BCUT2D eigenvalue weighted by atomic mass is 16.5. The van der Waals surface area contributed by atoms with Gasteiger partial charge in [-0.25, -0.2) is 0 Å². The van der Waals surface area contributed by atoms with E-state index in [1.165, 1.54) is 0 Å². The molecule has 0 aliphatic carbocycles. The molecule has 16 heavy (non-hydrogen) atoms. The molecule has 0 atom stereocenters. The van der Waals surface area contributed by atoms with Crippen molar-refractivity contribution in [2.75, 3.05) is 52.5 Å². The lowest BCUT2D eigenvalue weighted by Crippen LogP contribution is -2.38. The molecule has 1 heterocycles. The Morgan fingerprint density at radius 2 is 2.19 bits per heavy atom. The Kier molecular flexibility index (Phi) is 7.12. The predicted octanol–water partition coefficient (Wildman–Crippen LogP) is -0.139. The zero-order chi connectivity index (χ0) is 11.6. The third-order valence-corrected chi connectivity index (χ3v) is 2.51. The van der Waals surface area contributed by atoms with Gasteiger partial charge >= 0.3 is 5.97 Å². The number of rotatable bonds is 7. The summed E-state index contributed by atoms with van der Waals surface area (Å²) in [6.07, 6.45) is 1.05. The van der Waals surface area contributed by atoms with Crippen LogP contribution in [0.2, 0.25) is 0 Å². The lowest BCUT2D eigenvalue weighted by Gasteiger charge is -2.26. The molecule has 0 radical (unpaired) electrons. The number of esters is 1. The minimum absolute atomic E-state index is 0.172. The summed E-state index contributed by atoms with van der Waals surface area (Å²) in [5.41, 5.74) is 0.